The number of amides is 1. The molecule has 1 aromatic carbocycles. The molecular formula is C16H18N4O4. The van der Waals surface area contributed by atoms with Gasteiger partial charge in [0.25, 0.3) is 5.90 Å². The number of aromatic amines is 1. The van der Waals surface area contributed by atoms with E-state index in [4.69, 9.17) is 14.2 Å². The number of H-pyrrole nitrogens is 1. The van der Waals surface area contributed by atoms with Gasteiger partial charge in [0.15, 0.2) is 11.5 Å². The Bertz CT molecular complexity index is 799. The smallest absolute Gasteiger partial charge is 0.261 e. The summed E-state index contributed by atoms with van der Waals surface area (Å²) in [5.41, 5.74) is 2.04. The van der Waals surface area contributed by atoms with Crippen LogP contribution in [0.15, 0.2) is 29.4 Å². The number of nitrogens with one attached hydrogen (secondary N) is 1. The minimum absolute atomic E-state index is 0.257. The van der Waals surface area contributed by atoms with Gasteiger partial charge in [0.1, 0.15) is 5.69 Å². The summed E-state index contributed by atoms with van der Waals surface area (Å²) in [7, 11) is 3.08. The quantitative estimate of drug-likeness (QED) is 0.926. The lowest BCUT2D eigenvalue weighted by molar-refractivity contribution is -0.135. The van der Waals surface area contributed by atoms with E-state index in [2.05, 4.69) is 15.3 Å². The minimum atomic E-state index is -0.750. The third-order valence-corrected chi connectivity index (χ3v) is 3.59. The number of aromatic nitrogens is 2. The highest BCUT2D eigenvalue weighted by Gasteiger charge is 2.36. The number of nitrogens with zero attached hydrogens (tertiary/aromatic N) is 3. The highest BCUT2D eigenvalue weighted by molar-refractivity contribution is 5.94. The zero-order valence-corrected chi connectivity index (χ0v) is 13.9. The Morgan fingerprint density at radius 3 is 2.71 bits per heavy atom. The van der Waals surface area contributed by atoms with Gasteiger partial charge in [-0.1, -0.05) is 6.07 Å². The summed E-state index contributed by atoms with van der Waals surface area (Å²) < 4.78 is 16.6. The van der Waals surface area contributed by atoms with Gasteiger partial charge in [0.05, 0.1) is 19.8 Å². The molecular weight excluding hydrogens is 312 g/mol. The molecule has 126 valence electrons. The first-order chi connectivity index (χ1) is 11.5. The lowest BCUT2D eigenvalue weighted by atomic mass is 10.1. The highest BCUT2D eigenvalue weighted by atomic mass is 16.5. The van der Waals surface area contributed by atoms with Crippen molar-refractivity contribution in [3.63, 3.8) is 0 Å². The zero-order chi connectivity index (χ0) is 17.3. The van der Waals surface area contributed by atoms with Crippen molar-refractivity contribution >= 4 is 11.8 Å². The van der Waals surface area contributed by atoms with Gasteiger partial charge in [-0.2, -0.15) is 10.1 Å². The molecule has 1 atom stereocenters. The van der Waals surface area contributed by atoms with Gasteiger partial charge >= 0.3 is 0 Å². The predicted octanol–water partition coefficient (Wildman–Crippen LogP) is 1.97. The van der Waals surface area contributed by atoms with E-state index in [1.165, 1.54) is 19.0 Å². The number of aryl methyl sites for hydroxylation is 1. The Labute approximate surface area is 139 Å². The van der Waals surface area contributed by atoms with Crippen molar-refractivity contribution in [3.8, 4) is 11.5 Å². The van der Waals surface area contributed by atoms with Crippen LogP contribution in [-0.2, 0) is 9.53 Å². The lowest BCUT2D eigenvalue weighted by Gasteiger charge is -2.22. The van der Waals surface area contributed by atoms with Gasteiger partial charge in [0.2, 0.25) is 12.1 Å². The predicted molar refractivity (Wildman–Crippen MR) is 85.8 cm³/mol. The molecule has 0 radical (unpaired) electrons. The van der Waals surface area contributed by atoms with Crippen molar-refractivity contribution in [1.82, 2.24) is 15.2 Å². The fourth-order valence-electron chi connectivity index (χ4n) is 2.51. The molecule has 0 saturated carbocycles. The molecule has 0 spiro atoms. The van der Waals surface area contributed by atoms with E-state index in [9.17, 15) is 4.79 Å². The molecule has 2 aromatic rings. The fraction of sp³-hybridized carbons (Fsp3) is 0.312. The molecule has 8 nitrogen and oxygen atoms in total. The van der Waals surface area contributed by atoms with Crippen molar-refractivity contribution in [3.05, 3.63) is 41.2 Å². The third kappa shape index (κ3) is 2.66. The summed E-state index contributed by atoms with van der Waals surface area (Å²) in [6.07, 6.45) is -0.750. The molecule has 0 aliphatic carbocycles. The number of rotatable bonds is 4. The van der Waals surface area contributed by atoms with Crippen LogP contribution in [0.1, 0.15) is 30.1 Å². The summed E-state index contributed by atoms with van der Waals surface area (Å²) in [5, 5.41) is 12.5. The standard InChI is InChI=1S/C16H18N4O4/c1-9-8-12(18-17-9)15-19-20(10(2)21)16(24-15)11-6-5-7-13(22-3)14(11)23-4/h5-8,16H,1-4H3,(H,17,18). The maximum Gasteiger partial charge on any atom is 0.261 e. The molecule has 1 aliphatic rings. The van der Waals surface area contributed by atoms with Crippen molar-refractivity contribution in [2.75, 3.05) is 14.2 Å². The topological polar surface area (TPSA) is 89.0 Å². The molecule has 1 aliphatic heterocycles. The molecule has 0 saturated heterocycles. The van der Waals surface area contributed by atoms with Crippen LogP contribution in [0.4, 0.5) is 0 Å². The van der Waals surface area contributed by atoms with Gasteiger partial charge in [-0.05, 0) is 25.1 Å². The van der Waals surface area contributed by atoms with Crippen LogP contribution in [0.3, 0.4) is 0 Å². The molecule has 3 rings (SSSR count). The number of hydrogen-bond donors (Lipinski definition) is 1. The molecule has 24 heavy (non-hydrogen) atoms. The molecule has 1 unspecified atom stereocenters. The number of para-hydroxylation sites is 1. The monoisotopic (exact) mass is 330 g/mol. The highest BCUT2D eigenvalue weighted by Crippen LogP contribution is 2.40. The number of hydrogen-bond acceptors (Lipinski definition) is 6. The third-order valence-electron chi connectivity index (χ3n) is 3.59. The maximum atomic E-state index is 12.0. The Morgan fingerprint density at radius 1 is 1.33 bits per heavy atom. The van der Waals surface area contributed by atoms with Crippen LogP contribution in [0, 0.1) is 6.92 Å². The summed E-state index contributed by atoms with van der Waals surface area (Å²) in [5.74, 6) is 1.05. The second-order valence-electron chi connectivity index (χ2n) is 5.26. The van der Waals surface area contributed by atoms with Crippen molar-refractivity contribution < 1.29 is 19.0 Å². The van der Waals surface area contributed by atoms with Gasteiger partial charge in [-0.15, -0.1) is 5.10 Å². The van der Waals surface area contributed by atoms with Crippen LogP contribution in [-0.4, -0.2) is 41.2 Å². The minimum Gasteiger partial charge on any atom is -0.493 e. The number of ether oxygens (including phenoxy) is 3. The van der Waals surface area contributed by atoms with E-state index in [0.29, 0.717) is 22.8 Å². The lowest BCUT2D eigenvalue weighted by Crippen LogP contribution is -2.25. The first-order valence-corrected chi connectivity index (χ1v) is 7.33. The van der Waals surface area contributed by atoms with Gasteiger partial charge < -0.3 is 14.2 Å². The largest absolute Gasteiger partial charge is 0.493 e. The molecule has 1 N–H and O–H groups in total. The van der Waals surface area contributed by atoms with Gasteiger partial charge in [-0.3, -0.25) is 9.89 Å². The number of benzene rings is 1. The van der Waals surface area contributed by atoms with Crippen LogP contribution in [0.5, 0.6) is 11.5 Å². The Balaban J connectivity index is 2.01. The van der Waals surface area contributed by atoms with E-state index in [0.717, 1.165) is 5.69 Å². The fourth-order valence-corrected chi connectivity index (χ4v) is 2.51. The number of carbonyl (C=O) groups excluding carboxylic acids is 1. The first-order valence-electron chi connectivity index (χ1n) is 7.33. The average Bonchev–Trinajstić information content (AvgIpc) is 3.20. The Kier molecular flexibility index (Phi) is 4.11. The first kappa shape index (κ1) is 15.9. The van der Waals surface area contributed by atoms with Crippen LogP contribution in [0.25, 0.3) is 0 Å². The van der Waals surface area contributed by atoms with Crippen molar-refractivity contribution in [1.29, 1.82) is 0 Å². The molecule has 0 bridgehead atoms. The summed E-state index contributed by atoms with van der Waals surface area (Å²) in [6.45, 7) is 3.29. The van der Waals surface area contributed by atoms with Crippen LogP contribution in [0.2, 0.25) is 0 Å². The number of hydrazone groups is 1. The van der Waals surface area contributed by atoms with Gasteiger partial charge in [0, 0.05) is 12.6 Å². The molecule has 8 heteroatoms. The number of methoxy groups -OCH3 is 2. The Hall–Kier alpha value is -3.03. The Morgan fingerprint density at radius 2 is 2.12 bits per heavy atom. The average molecular weight is 330 g/mol. The molecule has 2 heterocycles. The van der Waals surface area contributed by atoms with Crippen molar-refractivity contribution in [2.24, 2.45) is 5.10 Å². The van der Waals surface area contributed by atoms with Gasteiger partial charge in [-0.25, -0.2) is 0 Å². The van der Waals surface area contributed by atoms with Crippen LogP contribution < -0.4 is 9.47 Å². The summed E-state index contributed by atoms with van der Waals surface area (Å²) in [4.78, 5) is 12.0. The van der Waals surface area contributed by atoms with E-state index in [1.54, 1.807) is 31.4 Å². The maximum absolute atomic E-state index is 12.0. The molecule has 1 aromatic heterocycles. The number of carbonyl (C=O) groups is 1. The summed E-state index contributed by atoms with van der Waals surface area (Å²) >= 11 is 0. The SMILES string of the molecule is COc1cccc(C2OC(c3cc(C)[nH]n3)=NN2C(C)=O)c1OC. The van der Waals surface area contributed by atoms with E-state index >= 15 is 0 Å². The second kappa shape index (κ2) is 6.23. The van der Waals surface area contributed by atoms with Crippen LogP contribution >= 0.6 is 0 Å². The zero-order valence-electron chi connectivity index (χ0n) is 13.9. The van der Waals surface area contributed by atoms with E-state index in [-0.39, 0.29) is 11.8 Å². The van der Waals surface area contributed by atoms with E-state index < -0.39 is 6.23 Å². The van der Waals surface area contributed by atoms with E-state index in [1.807, 2.05) is 6.92 Å². The molecule has 1 amide bonds. The van der Waals surface area contributed by atoms with Crippen molar-refractivity contribution in [2.45, 2.75) is 20.1 Å². The summed E-state index contributed by atoms with van der Waals surface area (Å²) in [6, 6.07) is 7.17. The molecule has 0 fully saturated rings. The normalized spacial score (nSPS) is 16.6. The second-order valence-corrected chi connectivity index (χ2v) is 5.26.